The van der Waals surface area contributed by atoms with E-state index in [0.29, 0.717) is 6.04 Å². The van der Waals surface area contributed by atoms with Crippen molar-refractivity contribution in [3.05, 3.63) is 22.2 Å². The van der Waals surface area contributed by atoms with Crippen LogP contribution in [-0.2, 0) is 6.54 Å². The van der Waals surface area contributed by atoms with E-state index in [-0.39, 0.29) is 0 Å². The molecule has 0 spiro atoms. The van der Waals surface area contributed by atoms with Gasteiger partial charge in [-0.2, -0.15) is 0 Å². The molecular weight excluding hydrogens is 306 g/mol. The maximum absolute atomic E-state index is 5.36. The first-order chi connectivity index (χ1) is 9.19. The first-order valence-electron chi connectivity index (χ1n) is 6.83. The van der Waals surface area contributed by atoms with Gasteiger partial charge < -0.3 is 14.8 Å². The molecular formula is C15H22BrNO2. The first-order valence-corrected chi connectivity index (χ1v) is 7.62. The Balaban J connectivity index is 1.96. The third-order valence-electron chi connectivity index (χ3n) is 3.64. The molecule has 0 bridgehead atoms. The second kappa shape index (κ2) is 6.62. The van der Waals surface area contributed by atoms with E-state index in [1.165, 1.54) is 24.8 Å². The molecule has 0 radical (unpaired) electrons. The summed E-state index contributed by atoms with van der Waals surface area (Å²) in [6, 6.07) is 4.83. The van der Waals surface area contributed by atoms with Crippen LogP contribution in [0, 0.1) is 5.92 Å². The fraction of sp³-hybridized carbons (Fsp3) is 0.600. The molecule has 1 aliphatic carbocycles. The number of halogens is 1. The number of benzene rings is 1. The molecule has 1 aromatic carbocycles. The third-order valence-corrected chi connectivity index (χ3v) is 4.23. The summed E-state index contributed by atoms with van der Waals surface area (Å²) in [6.45, 7) is 3.13. The second-order valence-electron chi connectivity index (χ2n) is 5.09. The minimum atomic E-state index is 0.701. The quantitative estimate of drug-likeness (QED) is 0.827. The summed E-state index contributed by atoms with van der Waals surface area (Å²) in [5, 5.41) is 3.61. The topological polar surface area (TPSA) is 30.5 Å². The molecule has 2 unspecified atom stereocenters. The largest absolute Gasteiger partial charge is 0.493 e. The Bertz CT molecular complexity index is 436. The average Bonchev–Trinajstić information content (AvgIpc) is 3.14. The smallest absolute Gasteiger partial charge is 0.174 e. The summed E-state index contributed by atoms with van der Waals surface area (Å²) < 4.78 is 11.6. The molecule has 4 heteroatoms. The van der Waals surface area contributed by atoms with Crippen LogP contribution in [0.15, 0.2) is 16.6 Å². The Labute approximate surface area is 123 Å². The van der Waals surface area contributed by atoms with Crippen LogP contribution in [0.2, 0.25) is 0 Å². The molecule has 19 heavy (non-hydrogen) atoms. The van der Waals surface area contributed by atoms with Gasteiger partial charge in [-0.05, 0) is 52.4 Å². The molecule has 0 amide bonds. The van der Waals surface area contributed by atoms with Crippen molar-refractivity contribution >= 4 is 15.9 Å². The van der Waals surface area contributed by atoms with Crippen molar-refractivity contribution in [1.82, 2.24) is 5.32 Å². The summed E-state index contributed by atoms with van der Waals surface area (Å²) in [7, 11) is 3.32. The van der Waals surface area contributed by atoms with Crippen molar-refractivity contribution in [2.75, 3.05) is 14.2 Å². The highest BCUT2D eigenvalue weighted by molar-refractivity contribution is 9.10. The van der Waals surface area contributed by atoms with Crippen molar-refractivity contribution in [2.24, 2.45) is 5.92 Å². The Kier molecular flexibility index (Phi) is 5.11. The maximum atomic E-state index is 5.36. The van der Waals surface area contributed by atoms with E-state index in [1.54, 1.807) is 14.2 Å². The van der Waals surface area contributed by atoms with Crippen LogP contribution in [0.1, 0.15) is 31.7 Å². The highest BCUT2D eigenvalue weighted by Crippen LogP contribution is 2.37. The molecule has 1 N–H and O–H groups in total. The van der Waals surface area contributed by atoms with Gasteiger partial charge in [0.15, 0.2) is 11.5 Å². The van der Waals surface area contributed by atoms with Crippen molar-refractivity contribution in [2.45, 2.75) is 38.8 Å². The lowest BCUT2D eigenvalue weighted by molar-refractivity contribution is 0.352. The van der Waals surface area contributed by atoms with Crippen molar-refractivity contribution < 1.29 is 9.47 Å². The molecule has 3 nitrogen and oxygen atoms in total. The normalized spacial score (nSPS) is 21.3. The summed E-state index contributed by atoms with van der Waals surface area (Å²) in [4.78, 5) is 0. The Morgan fingerprint density at radius 3 is 2.74 bits per heavy atom. The zero-order chi connectivity index (χ0) is 13.8. The average molecular weight is 328 g/mol. The fourth-order valence-electron chi connectivity index (χ4n) is 2.51. The molecule has 0 aliphatic heterocycles. The van der Waals surface area contributed by atoms with Crippen LogP contribution in [0.4, 0.5) is 0 Å². The van der Waals surface area contributed by atoms with Crippen molar-refractivity contribution in [1.29, 1.82) is 0 Å². The molecule has 1 saturated carbocycles. The Morgan fingerprint density at radius 1 is 1.32 bits per heavy atom. The summed E-state index contributed by atoms with van der Waals surface area (Å²) in [5.74, 6) is 2.41. The first kappa shape index (κ1) is 14.7. The van der Waals surface area contributed by atoms with Gasteiger partial charge in [-0.3, -0.25) is 0 Å². The van der Waals surface area contributed by atoms with Crippen LogP contribution >= 0.6 is 15.9 Å². The van der Waals surface area contributed by atoms with E-state index < -0.39 is 0 Å². The lowest BCUT2D eigenvalue weighted by Crippen LogP contribution is -2.17. The standard InChI is InChI=1S/C15H22BrNO2/c1-4-5-11-8-13(11)17-9-10-6-12(16)15(19-3)14(7-10)18-2/h6-7,11,13,17H,4-5,8-9H2,1-3H3. The zero-order valence-corrected chi connectivity index (χ0v) is 13.4. The van der Waals surface area contributed by atoms with Crippen molar-refractivity contribution in [3.63, 3.8) is 0 Å². The number of ether oxygens (including phenoxy) is 2. The molecule has 2 rings (SSSR count). The van der Waals surface area contributed by atoms with Gasteiger partial charge >= 0.3 is 0 Å². The van der Waals surface area contributed by atoms with Crippen LogP contribution in [-0.4, -0.2) is 20.3 Å². The Hall–Kier alpha value is -0.740. The van der Waals surface area contributed by atoms with Gasteiger partial charge in [-0.15, -0.1) is 0 Å². The van der Waals surface area contributed by atoms with Crippen LogP contribution in [0.25, 0.3) is 0 Å². The summed E-state index contributed by atoms with van der Waals surface area (Å²) in [5.41, 5.74) is 1.21. The summed E-state index contributed by atoms with van der Waals surface area (Å²) >= 11 is 3.53. The van der Waals surface area contributed by atoms with E-state index in [4.69, 9.17) is 9.47 Å². The Morgan fingerprint density at radius 2 is 2.11 bits per heavy atom. The number of hydrogen-bond acceptors (Lipinski definition) is 3. The fourth-order valence-corrected chi connectivity index (χ4v) is 3.16. The molecule has 106 valence electrons. The second-order valence-corrected chi connectivity index (χ2v) is 5.94. The molecule has 0 aromatic heterocycles. The van der Waals surface area contributed by atoms with Gasteiger partial charge in [0.05, 0.1) is 18.7 Å². The highest BCUT2D eigenvalue weighted by Gasteiger charge is 2.35. The molecule has 0 heterocycles. The lowest BCUT2D eigenvalue weighted by atomic mass is 10.2. The molecule has 2 atom stereocenters. The number of nitrogens with one attached hydrogen (secondary N) is 1. The van der Waals surface area contributed by atoms with E-state index >= 15 is 0 Å². The van der Waals surface area contributed by atoms with Crippen LogP contribution in [0.5, 0.6) is 11.5 Å². The van der Waals surface area contributed by atoms with Gasteiger partial charge in [0, 0.05) is 12.6 Å². The highest BCUT2D eigenvalue weighted by atomic mass is 79.9. The van der Waals surface area contributed by atoms with Gasteiger partial charge in [0.2, 0.25) is 0 Å². The lowest BCUT2D eigenvalue weighted by Gasteiger charge is -2.12. The van der Waals surface area contributed by atoms with Crippen LogP contribution in [0.3, 0.4) is 0 Å². The third kappa shape index (κ3) is 3.63. The maximum Gasteiger partial charge on any atom is 0.174 e. The van der Waals surface area contributed by atoms with Gasteiger partial charge in [0.1, 0.15) is 0 Å². The summed E-state index contributed by atoms with van der Waals surface area (Å²) in [6.07, 6.45) is 3.94. The molecule has 0 saturated heterocycles. The van der Waals surface area contributed by atoms with E-state index in [0.717, 1.165) is 28.4 Å². The molecule has 1 fully saturated rings. The monoisotopic (exact) mass is 327 g/mol. The molecule has 1 aliphatic rings. The van der Waals surface area contributed by atoms with Crippen molar-refractivity contribution in [3.8, 4) is 11.5 Å². The van der Waals surface area contributed by atoms with E-state index in [2.05, 4.69) is 34.2 Å². The number of rotatable bonds is 7. The number of methoxy groups -OCH3 is 2. The van der Waals surface area contributed by atoms with Gasteiger partial charge in [0.25, 0.3) is 0 Å². The minimum absolute atomic E-state index is 0.701. The van der Waals surface area contributed by atoms with Gasteiger partial charge in [-0.25, -0.2) is 0 Å². The van der Waals surface area contributed by atoms with Crippen LogP contribution < -0.4 is 14.8 Å². The SMILES string of the molecule is CCCC1CC1NCc1cc(Br)c(OC)c(OC)c1. The molecule has 1 aromatic rings. The van der Waals surface area contributed by atoms with E-state index in [1.807, 2.05) is 6.07 Å². The zero-order valence-electron chi connectivity index (χ0n) is 11.8. The predicted molar refractivity (Wildman–Crippen MR) is 80.9 cm³/mol. The van der Waals surface area contributed by atoms with E-state index in [9.17, 15) is 0 Å². The van der Waals surface area contributed by atoms with Gasteiger partial charge in [-0.1, -0.05) is 13.3 Å². The predicted octanol–water partition coefficient (Wildman–Crippen LogP) is 3.74. The minimum Gasteiger partial charge on any atom is -0.493 e. The number of hydrogen-bond donors (Lipinski definition) is 1.